The van der Waals surface area contributed by atoms with E-state index >= 15 is 0 Å². The standard InChI is InChI=1S/C16H16O4/c17-8-9-19-15-7-6-14(11-18)10-16(15)20-12-13-4-2-1-3-5-13/h1-7,10-11,17H,8-9,12H2. The number of aliphatic hydroxyl groups is 1. The molecule has 4 heteroatoms. The number of hydrogen-bond acceptors (Lipinski definition) is 4. The molecule has 0 fully saturated rings. The van der Waals surface area contributed by atoms with Gasteiger partial charge in [-0.25, -0.2) is 0 Å². The Morgan fingerprint density at radius 3 is 2.50 bits per heavy atom. The molecule has 0 saturated heterocycles. The molecule has 0 atom stereocenters. The molecule has 0 aromatic heterocycles. The van der Waals surface area contributed by atoms with Crippen LogP contribution in [0.25, 0.3) is 0 Å². The molecular weight excluding hydrogens is 256 g/mol. The first-order valence-electron chi connectivity index (χ1n) is 6.33. The first kappa shape index (κ1) is 14.1. The van der Waals surface area contributed by atoms with Crippen LogP contribution in [0.1, 0.15) is 15.9 Å². The lowest BCUT2D eigenvalue weighted by Crippen LogP contribution is -2.04. The van der Waals surface area contributed by atoms with E-state index in [-0.39, 0.29) is 13.2 Å². The van der Waals surface area contributed by atoms with Crippen molar-refractivity contribution in [1.29, 1.82) is 0 Å². The lowest BCUT2D eigenvalue weighted by molar-refractivity contribution is 0.112. The van der Waals surface area contributed by atoms with Crippen molar-refractivity contribution in [3.8, 4) is 11.5 Å². The molecule has 0 aliphatic rings. The predicted molar refractivity (Wildman–Crippen MR) is 75.2 cm³/mol. The maximum Gasteiger partial charge on any atom is 0.162 e. The Bertz CT molecular complexity index is 552. The molecule has 2 aromatic carbocycles. The maximum atomic E-state index is 10.8. The Labute approximate surface area is 117 Å². The molecular formula is C16H16O4. The van der Waals surface area contributed by atoms with Gasteiger partial charge in [0.1, 0.15) is 19.5 Å². The molecule has 0 amide bonds. The zero-order valence-corrected chi connectivity index (χ0v) is 11.0. The van der Waals surface area contributed by atoms with E-state index in [2.05, 4.69) is 0 Å². The summed E-state index contributed by atoms with van der Waals surface area (Å²) in [7, 11) is 0. The van der Waals surface area contributed by atoms with E-state index in [9.17, 15) is 4.79 Å². The van der Waals surface area contributed by atoms with Crippen molar-refractivity contribution in [2.75, 3.05) is 13.2 Å². The fraction of sp³-hybridized carbons (Fsp3) is 0.188. The van der Waals surface area contributed by atoms with Crippen molar-refractivity contribution in [2.45, 2.75) is 6.61 Å². The summed E-state index contributed by atoms with van der Waals surface area (Å²) in [5.74, 6) is 1.01. The van der Waals surface area contributed by atoms with E-state index in [4.69, 9.17) is 14.6 Å². The maximum absolute atomic E-state index is 10.8. The number of hydrogen-bond donors (Lipinski definition) is 1. The Morgan fingerprint density at radius 2 is 1.80 bits per heavy atom. The average Bonchev–Trinajstić information content (AvgIpc) is 2.52. The minimum Gasteiger partial charge on any atom is -0.487 e. The van der Waals surface area contributed by atoms with Crippen molar-refractivity contribution in [3.05, 3.63) is 59.7 Å². The number of carbonyl (C=O) groups excluding carboxylic acids is 1. The van der Waals surface area contributed by atoms with Crippen LogP contribution in [0.2, 0.25) is 0 Å². The van der Waals surface area contributed by atoms with Gasteiger partial charge in [-0.15, -0.1) is 0 Å². The van der Waals surface area contributed by atoms with Gasteiger partial charge in [-0.05, 0) is 23.8 Å². The van der Waals surface area contributed by atoms with E-state index in [0.717, 1.165) is 11.8 Å². The minimum absolute atomic E-state index is 0.0758. The molecule has 0 saturated carbocycles. The van der Waals surface area contributed by atoms with Gasteiger partial charge in [-0.2, -0.15) is 0 Å². The number of carbonyl (C=O) groups is 1. The van der Waals surface area contributed by atoms with E-state index in [1.54, 1.807) is 18.2 Å². The van der Waals surface area contributed by atoms with Crippen LogP contribution < -0.4 is 9.47 Å². The Kier molecular flexibility index (Phi) is 5.15. The van der Waals surface area contributed by atoms with Crippen molar-refractivity contribution in [1.82, 2.24) is 0 Å². The minimum atomic E-state index is -0.0758. The van der Waals surface area contributed by atoms with Crippen LogP contribution in [0.15, 0.2) is 48.5 Å². The molecule has 0 bridgehead atoms. The fourth-order valence-corrected chi connectivity index (χ4v) is 1.72. The number of aliphatic hydroxyl groups excluding tert-OH is 1. The highest BCUT2D eigenvalue weighted by atomic mass is 16.5. The van der Waals surface area contributed by atoms with E-state index < -0.39 is 0 Å². The molecule has 0 unspecified atom stereocenters. The summed E-state index contributed by atoms with van der Waals surface area (Å²) < 4.78 is 11.1. The largest absolute Gasteiger partial charge is 0.487 e. The van der Waals surface area contributed by atoms with Gasteiger partial charge >= 0.3 is 0 Å². The zero-order valence-electron chi connectivity index (χ0n) is 11.0. The van der Waals surface area contributed by atoms with Crippen LogP contribution >= 0.6 is 0 Å². The first-order chi connectivity index (χ1) is 9.83. The van der Waals surface area contributed by atoms with Crippen LogP contribution in [-0.2, 0) is 6.61 Å². The highest BCUT2D eigenvalue weighted by molar-refractivity contribution is 5.76. The van der Waals surface area contributed by atoms with Crippen molar-refractivity contribution < 1.29 is 19.4 Å². The van der Waals surface area contributed by atoms with Crippen LogP contribution in [0.4, 0.5) is 0 Å². The third kappa shape index (κ3) is 3.83. The summed E-state index contributed by atoms with van der Waals surface area (Å²) in [6.45, 7) is 0.494. The number of ether oxygens (including phenoxy) is 2. The lowest BCUT2D eigenvalue weighted by atomic mass is 10.2. The normalized spacial score (nSPS) is 10.1. The molecule has 1 N–H and O–H groups in total. The number of rotatable bonds is 7. The molecule has 0 heterocycles. The van der Waals surface area contributed by atoms with E-state index in [1.165, 1.54) is 0 Å². The molecule has 4 nitrogen and oxygen atoms in total. The second-order valence-electron chi connectivity index (χ2n) is 4.17. The second kappa shape index (κ2) is 7.31. The van der Waals surface area contributed by atoms with Crippen LogP contribution in [-0.4, -0.2) is 24.6 Å². The van der Waals surface area contributed by atoms with Gasteiger partial charge in [-0.1, -0.05) is 30.3 Å². The summed E-state index contributed by atoms with van der Waals surface area (Å²) in [5.41, 5.74) is 1.54. The quantitative estimate of drug-likeness (QED) is 0.787. The first-order valence-corrected chi connectivity index (χ1v) is 6.33. The zero-order chi connectivity index (χ0) is 14.2. The summed E-state index contributed by atoms with van der Waals surface area (Å²) in [5, 5.41) is 8.81. The number of benzene rings is 2. The summed E-state index contributed by atoms with van der Waals surface area (Å²) >= 11 is 0. The Morgan fingerprint density at radius 1 is 1.00 bits per heavy atom. The molecule has 0 spiro atoms. The summed E-state index contributed by atoms with van der Waals surface area (Å²) in [6, 6.07) is 14.7. The van der Waals surface area contributed by atoms with Crippen molar-refractivity contribution >= 4 is 6.29 Å². The van der Waals surface area contributed by atoms with Crippen LogP contribution in [0.3, 0.4) is 0 Å². The van der Waals surface area contributed by atoms with Crippen LogP contribution in [0, 0.1) is 0 Å². The van der Waals surface area contributed by atoms with Crippen molar-refractivity contribution in [3.63, 3.8) is 0 Å². The molecule has 0 radical (unpaired) electrons. The predicted octanol–water partition coefficient (Wildman–Crippen LogP) is 2.45. The molecule has 0 aliphatic carbocycles. The smallest absolute Gasteiger partial charge is 0.162 e. The van der Waals surface area contributed by atoms with Gasteiger partial charge in [0.05, 0.1) is 6.61 Å². The van der Waals surface area contributed by atoms with E-state index in [0.29, 0.717) is 23.7 Å². The topological polar surface area (TPSA) is 55.8 Å². The third-order valence-electron chi connectivity index (χ3n) is 2.69. The molecule has 2 rings (SSSR count). The van der Waals surface area contributed by atoms with Crippen molar-refractivity contribution in [2.24, 2.45) is 0 Å². The Hall–Kier alpha value is -2.33. The summed E-state index contributed by atoms with van der Waals surface area (Å²) in [4.78, 5) is 10.8. The van der Waals surface area contributed by atoms with Gasteiger partial charge in [0.25, 0.3) is 0 Å². The van der Waals surface area contributed by atoms with Gasteiger partial charge in [-0.3, -0.25) is 4.79 Å². The lowest BCUT2D eigenvalue weighted by Gasteiger charge is -2.12. The molecule has 0 aliphatic heterocycles. The average molecular weight is 272 g/mol. The highest BCUT2D eigenvalue weighted by Gasteiger charge is 2.07. The summed E-state index contributed by atoms with van der Waals surface area (Å²) in [6.07, 6.45) is 0.755. The van der Waals surface area contributed by atoms with Gasteiger partial charge < -0.3 is 14.6 Å². The highest BCUT2D eigenvalue weighted by Crippen LogP contribution is 2.28. The molecule has 20 heavy (non-hydrogen) atoms. The number of aldehydes is 1. The fourth-order valence-electron chi connectivity index (χ4n) is 1.72. The SMILES string of the molecule is O=Cc1ccc(OCCO)c(OCc2ccccc2)c1. The Balaban J connectivity index is 2.12. The molecule has 2 aromatic rings. The second-order valence-corrected chi connectivity index (χ2v) is 4.17. The van der Waals surface area contributed by atoms with Gasteiger partial charge in [0.2, 0.25) is 0 Å². The third-order valence-corrected chi connectivity index (χ3v) is 2.69. The van der Waals surface area contributed by atoms with Crippen LogP contribution in [0.5, 0.6) is 11.5 Å². The molecule has 104 valence electrons. The van der Waals surface area contributed by atoms with E-state index in [1.807, 2.05) is 30.3 Å². The van der Waals surface area contributed by atoms with Gasteiger partial charge in [0.15, 0.2) is 11.5 Å². The van der Waals surface area contributed by atoms with Gasteiger partial charge in [0, 0.05) is 5.56 Å². The monoisotopic (exact) mass is 272 g/mol.